The molecular formula is C10H10BrNO2. The Morgan fingerprint density at radius 2 is 2.21 bits per heavy atom. The predicted octanol–water partition coefficient (Wildman–Crippen LogP) is 1.44. The van der Waals surface area contributed by atoms with E-state index in [1.54, 1.807) is 6.07 Å². The molecule has 1 heterocycles. The van der Waals surface area contributed by atoms with Gasteiger partial charge in [-0.15, -0.1) is 0 Å². The summed E-state index contributed by atoms with van der Waals surface area (Å²) in [7, 11) is 0. The number of carbonyl (C=O) groups excluding carboxylic acids is 1. The first kappa shape index (κ1) is 9.68. The first-order valence-corrected chi connectivity index (χ1v) is 5.18. The molecule has 3 nitrogen and oxygen atoms in total. The number of rotatable bonds is 2. The van der Waals surface area contributed by atoms with Gasteiger partial charge in [-0.2, -0.15) is 0 Å². The van der Waals surface area contributed by atoms with Crippen molar-refractivity contribution in [1.29, 1.82) is 0 Å². The summed E-state index contributed by atoms with van der Waals surface area (Å²) in [6, 6.07) is 5.56. The Morgan fingerprint density at radius 3 is 2.71 bits per heavy atom. The minimum Gasteiger partial charge on any atom is -0.389 e. The van der Waals surface area contributed by atoms with Gasteiger partial charge in [0.05, 0.1) is 6.10 Å². The van der Waals surface area contributed by atoms with Gasteiger partial charge in [-0.25, -0.2) is 0 Å². The molecule has 1 fully saturated rings. The van der Waals surface area contributed by atoms with Crippen LogP contribution in [0.3, 0.4) is 0 Å². The van der Waals surface area contributed by atoms with Crippen molar-refractivity contribution in [3.63, 3.8) is 0 Å². The fourth-order valence-corrected chi connectivity index (χ4v) is 1.93. The number of anilines is 1. The fraction of sp³-hybridized carbons (Fsp3) is 0.300. The number of hydrogen-bond acceptors (Lipinski definition) is 3. The van der Waals surface area contributed by atoms with E-state index in [1.165, 1.54) is 0 Å². The van der Waals surface area contributed by atoms with Crippen molar-refractivity contribution in [3.8, 4) is 0 Å². The molecule has 0 amide bonds. The molecule has 0 bridgehead atoms. The molecule has 0 saturated carbocycles. The summed E-state index contributed by atoms with van der Waals surface area (Å²) in [6.07, 6.45) is 0.609. The van der Waals surface area contributed by atoms with E-state index < -0.39 is 0 Å². The molecule has 0 atom stereocenters. The zero-order valence-electron chi connectivity index (χ0n) is 7.48. The first-order chi connectivity index (χ1) is 6.70. The van der Waals surface area contributed by atoms with Crippen molar-refractivity contribution in [2.75, 3.05) is 18.0 Å². The molecule has 1 aliphatic rings. The zero-order valence-corrected chi connectivity index (χ0v) is 9.07. The van der Waals surface area contributed by atoms with Gasteiger partial charge >= 0.3 is 0 Å². The van der Waals surface area contributed by atoms with Crippen molar-refractivity contribution in [3.05, 3.63) is 28.2 Å². The maximum absolute atomic E-state index is 10.6. The number of halogens is 1. The minimum atomic E-state index is -0.209. The number of aliphatic hydroxyl groups is 1. The molecule has 1 saturated heterocycles. The molecule has 0 radical (unpaired) electrons. The zero-order chi connectivity index (χ0) is 10.1. The number of β-amino-alcohol motifs (C(OH)–C–C–N with tert-alkyl or cyclic N) is 1. The van der Waals surface area contributed by atoms with Crippen LogP contribution in [0.5, 0.6) is 0 Å². The lowest BCUT2D eigenvalue weighted by atomic mass is 10.1. The van der Waals surface area contributed by atoms with Gasteiger partial charge in [-0.3, -0.25) is 4.79 Å². The normalized spacial score (nSPS) is 16.6. The van der Waals surface area contributed by atoms with Gasteiger partial charge < -0.3 is 10.0 Å². The molecule has 0 spiro atoms. The summed E-state index contributed by atoms with van der Waals surface area (Å²) in [5.41, 5.74) is 1.68. The average molecular weight is 256 g/mol. The maximum Gasteiger partial charge on any atom is 0.151 e. The lowest BCUT2D eigenvalue weighted by Crippen LogP contribution is -2.50. The largest absolute Gasteiger partial charge is 0.389 e. The van der Waals surface area contributed by atoms with E-state index in [0.717, 1.165) is 16.4 Å². The van der Waals surface area contributed by atoms with Gasteiger partial charge in [-0.1, -0.05) is 0 Å². The van der Waals surface area contributed by atoms with Crippen molar-refractivity contribution in [2.24, 2.45) is 0 Å². The molecule has 1 aromatic carbocycles. The summed E-state index contributed by atoms with van der Waals surface area (Å²) < 4.78 is 0.798. The molecule has 1 aliphatic heterocycles. The Morgan fingerprint density at radius 1 is 1.50 bits per heavy atom. The second-order valence-corrected chi connectivity index (χ2v) is 4.24. The Bertz CT molecular complexity index is 361. The van der Waals surface area contributed by atoms with Crippen LogP contribution in [-0.2, 0) is 0 Å². The SMILES string of the molecule is O=Cc1ccc(N2CC(O)C2)cc1Br. The number of carbonyl (C=O) groups is 1. The van der Waals surface area contributed by atoms with Gasteiger partial charge in [0.2, 0.25) is 0 Å². The van der Waals surface area contributed by atoms with Crippen LogP contribution in [-0.4, -0.2) is 30.6 Å². The van der Waals surface area contributed by atoms with E-state index in [4.69, 9.17) is 5.11 Å². The highest BCUT2D eigenvalue weighted by molar-refractivity contribution is 9.10. The van der Waals surface area contributed by atoms with Gasteiger partial charge in [0.15, 0.2) is 6.29 Å². The highest BCUT2D eigenvalue weighted by Crippen LogP contribution is 2.26. The number of benzene rings is 1. The van der Waals surface area contributed by atoms with Gasteiger partial charge in [-0.05, 0) is 34.1 Å². The average Bonchev–Trinajstić information content (AvgIpc) is 2.13. The highest BCUT2D eigenvalue weighted by atomic mass is 79.9. The molecule has 0 aromatic heterocycles. The Kier molecular flexibility index (Phi) is 2.56. The number of nitrogens with zero attached hydrogens (tertiary/aromatic N) is 1. The molecule has 4 heteroatoms. The van der Waals surface area contributed by atoms with Crippen molar-refractivity contribution >= 4 is 27.9 Å². The van der Waals surface area contributed by atoms with Crippen molar-refractivity contribution in [1.82, 2.24) is 0 Å². The summed E-state index contributed by atoms with van der Waals surface area (Å²) >= 11 is 3.32. The second kappa shape index (κ2) is 3.71. The van der Waals surface area contributed by atoms with Gasteiger partial charge in [0, 0.05) is 28.8 Å². The van der Waals surface area contributed by atoms with Crippen LogP contribution in [0.25, 0.3) is 0 Å². The lowest BCUT2D eigenvalue weighted by Gasteiger charge is -2.38. The van der Waals surface area contributed by atoms with Gasteiger partial charge in [0.1, 0.15) is 0 Å². The van der Waals surface area contributed by atoms with Gasteiger partial charge in [0.25, 0.3) is 0 Å². The summed E-state index contributed by atoms with van der Waals surface area (Å²) in [4.78, 5) is 12.6. The van der Waals surface area contributed by atoms with Crippen LogP contribution >= 0.6 is 15.9 Å². The number of aliphatic hydroxyl groups excluding tert-OH is 1. The second-order valence-electron chi connectivity index (χ2n) is 3.38. The van der Waals surface area contributed by atoms with E-state index in [1.807, 2.05) is 12.1 Å². The van der Waals surface area contributed by atoms with Crippen LogP contribution < -0.4 is 4.90 Å². The van der Waals surface area contributed by atoms with Crippen molar-refractivity contribution in [2.45, 2.75) is 6.10 Å². The third kappa shape index (κ3) is 1.67. The maximum atomic E-state index is 10.6. The monoisotopic (exact) mass is 255 g/mol. The van der Waals surface area contributed by atoms with Crippen LogP contribution in [0.4, 0.5) is 5.69 Å². The Hall–Kier alpha value is -0.870. The molecule has 0 aliphatic carbocycles. The topological polar surface area (TPSA) is 40.5 Å². The third-order valence-electron chi connectivity index (χ3n) is 2.34. The smallest absolute Gasteiger partial charge is 0.151 e. The summed E-state index contributed by atoms with van der Waals surface area (Å²) in [5.74, 6) is 0. The van der Waals surface area contributed by atoms with E-state index in [0.29, 0.717) is 18.7 Å². The quantitative estimate of drug-likeness (QED) is 0.814. The van der Waals surface area contributed by atoms with E-state index in [9.17, 15) is 4.79 Å². The van der Waals surface area contributed by atoms with Crippen LogP contribution in [0.15, 0.2) is 22.7 Å². The van der Waals surface area contributed by atoms with E-state index >= 15 is 0 Å². The molecule has 74 valence electrons. The molecule has 0 unspecified atom stereocenters. The summed E-state index contributed by atoms with van der Waals surface area (Å²) in [6.45, 7) is 1.35. The third-order valence-corrected chi connectivity index (χ3v) is 3.03. The fourth-order valence-electron chi connectivity index (χ4n) is 1.47. The van der Waals surface area contributed by atoms with Crippen molar-refractivity contribution < 1.29 is 9.90 Å². The standard InChI is InChI=1S/C10H10BrNO2/c11-10-3-8(2-1-7(10)6-13)12-4-9(14)5-12/h1-3,6,9,14H,4-5H2. The predicted molar refractivity (Wildman–Crippen MR) is 57.7 cm³/mol. The number of hydrogen-bond donors (Lipinski definition) is 1. The molecular weight excluding hydrogens is 246 g/mol. The van der Waals surface area contributed by atoms with Crippen LogP contribution in [0, 0.1) is 0 Å². The van der Waals surface area contributed by atoms with Crippen LogP contribution in [0.1, 0.15) is 10.4 Å². The Balaban J connectivity index is 2.20. The van der Waals surface area contributed by atoms with Crippen LogP contribution in [0.2, 0.25) is 0 Å². The molecule has 2 rings (SSSR count). The molecule has 1 N–H and O–H groups in total. The molecule has 14 heavy (non-hydrogen) atoms. The first-order valence-electron chi connectivity index (χ1n) is 4.38. The van der Waals surface area contributed by atoms with E-state index in [2.05, 4.69) is 20.8 Å². The Labute approximate surface area is 90.5 Å². The summed E-state index contributed by atoms with van der Waals surface area (Å²) in [5, 5.41) is 9.14. The lowest BCUT2D eigenvalue weighted by molar-refractivity contribution is 0.112. The number of aldehydes is 1. The van der Waals surface area contributed by atoms with E-state index in [-0.39, 0.29) is 6.10 Å². The highest BCUT2D eigenvalue weighted by Gasteiger charge is 2.24. The minimum absolute atomic E-state index is 0.209. The molecule has 1 aromatic rings.